The zero-order valence-electron chi connectivity index (χ0n) is 7.99. The quantitative estimate of drug-likeness (QED) is 0.707. The topological polar surface area (TPSA) is 12.0 Å². The van der Waals surface area contributed by atoms with E-state index in [-0.39, 0.29) is 24.1 Å². The number of halogens is 4. The van der Waals surface area contributed by atoms with Crippen LogP contribution < -0.4 is 5.32 Å². The minimum absolute atomic E-state index is 0.00562. The van der Waals surface area contributed by atoms with Crippen molar-refractivity contribution in [3.05, 3.63) is 36.2 Å². The lowest BCUT2D eigenvalue weighted by Gasteiger charge is -2.29. The van der Waals surface area contributed by atoms with E-state index in [1.807, 2.05) is 0 Å². The fourth-order valence-electron chi connectivity index (χ4n) is 1.60. The van der Waals surface area contributed by atoms with Gasteiger partial charge in [-0.15, -0.1) is 0 Å². The summed E-state index contributed by atoms with van der Waals surface area (Å²) in [5, 5.41) is 2.28. The Kier molecular flexibility index (Phi) is 3.34. The van der Waals surface area contributed by atoms with Gasteiger partial charge in [0.25, 0.3) is 0 Å². The first-order valence-corrected chi connectivity index (χ1v) is 4.38. The molecule has 0 aliphatic carbocycles. The molecule has 15 heavy (non-hydrogen) atoms. The summed E-state index contributed by atoms with van der Waals surface area (Å²) in [5.41, 5.74) is -0.160. The van der Waals surface area contributed by atoms with Crippen molar-refractivity contribution < 1.29 is 17.6 Å². The van der Waals surface area contributed by atoms with E-state index in [1.165, 1.54) is 0 Å². The SMILES string of the molecule is C=CC1=C(C(=C)F)CCNC1C(F)(F)F. The number of rotatable bonds is 2. The van der Waals surface area contributed by atoms with Crippen molar-refractivity contribution in [3.63, 3.8) is 0 Å². The molecule has 1 unspecified atom stereocenters. The van der Waals surface area contributed by atoms with Crippen LogP contribution in [0.5, 0.6) is 0 Å². The minimum Gasteiger partial charge on any atom is -0.302 e. The van der Waals surface area contributed by atoms with E-state index in [1.54, 1.807) is 0 Å². The molecule has 0 radical (unpaired) electrons. The third-order valence-corrected chi connectivity index (χ3v) is 2.26. The molecule has 1 N–H and O–H groups in total. The number of hydrogen-bond acceptors (Lipinski definition) is 1. The molecular formula is C10H11F4N. The van der Waals surface area contributed by atoms with Crippen LogP contribution in [0, 0.1) is 0 Å². The van der Waals surface area contributed by atoms with Gasteiger partial charge in [0.15, 0.2) is 0 Å². The first kappa shape index (κ1) is 12.0. The van der Waals surface area contributed by atoms with Crippen LogP contribution in [0.15, 0.2) is 36.2 Å². The maximum absolute atomic E-state index is 12.9. The van der Waals surface area contributed by atoms with Gasteiger partial charge >= 0.3 is 6.18 Å². The third-order valence-electron chi connectivity index (χ3n) is 2.26. The predicted octanol–water partition coefficient (Wildman–Crippen LogP) is 2.88. The molecule has 1 heterocycles. The van der Waals surface area contributed by atoms with Crippen LogP contribution in [0.1, 0.15) is 6.42 Å². The van der Waals surface area contributed by atoms with E-state index >= 15 is 0 Å². The highest BCUT2D eigenvalue weighted by Gasteiger charge is 2.43. The van der Waals surface area contributed by atoms with Gasteiger partial charge in [-0.05, 0) is 17.6 Å². The average Bonchev–Trinajstić information content (AvgIpc) is 2.15. The first-order chi connectivity index (χ1) is 6.88. The Morgan fingerprint density at radius 3 is 2.47 bits per heavy atom. The third kappa shape index (κ3) is 2.47. The van der Waals surface area contributed by atoms with Crippen molar-refractivity contribution >= 4 is 0 Å². The van der Waals surface area contributed by atoms with Crippen LogP contribution in [0.25, 0.3) is 0 Å². The molecule has 0 bridgehead atoms. The molecule has 5 heteroatoms. The second-order valence-corrected chi connectivity index (χ2v) is 3.22. The second kappa shape index (κ2) is 4.18. The van der Waals surface area contributed by atoms with Crippen molar-refractivity contribution in [2.24, 2.45) is 0 Å². The lowest BCUT2D eigenvalue weighted by Crippen LogP contribution is -2.46. The van der Waals surface area contributed by atoms with E-state index in [2.05, 4.69) is 18.5 Å². The van der Waals surface area contributed by atoms with Crippen molar-refractivity contribution in [2.45, 2.75) is 18.6 Å². The molecule has 1 rings (SSSR count). The normalized spacial score (nSPS) is 22.8. The summed E-state index contributed by atoms with van der Waals surface area (Å²) in [6.45, 7) is 6.38. The van der Waals surface area contributed by atoms with Crippen LogP contribution in [0.3, 0.4) is 0 Å². The zero-order chi connectivity index (χ0) is 11.6. The molecule has 0 amide bonds. The fraction of sp³-hybridized carbons (Fsp3) is 0.400. The second-order valence-electron chi connectivity index (χ2n) is 3.22. The van der Waals surface area contributed by atoms with Gasteiger partial charge in [-0.2, -0.15) is 13.2 Å². The molecule has 0 aromatic carbocycles. The first-order valence-electron chi connectivity index (χ1n) is 4.38. The van der Waals surface area contributed by atoms with Crippen molar-refractivity contribution in [1.29, 1.82) is 0 Å². The molecule has 0 fully saturated rings. The summed E-state index contributed by atoms with van der Waals surface area (Å²) in [6, 6.07) is -1.84. The Morgan fingerprint density at radius 2 is 2.07 bits per heavy atom. The summed E-state index contributed by atoms with van der Waals surface area (Å²) < 4.78 is 50.4. The summed E-state index contributed by atoms with van der Waals surface area (Å²) >= 11 is 0. The van der Waals surface area contributed by atoms with E-state index in [4.69, 9.17) is 0 Å². The standard InChI is InChI=1S/C10H11F4N/c1-3-7-8(6(2)11)4-5-15-9(7)10(12,13)14/h3,9,15H,1-2,4-5H2. The van der Waals surface area contributed by atoms with Gasteiger partial charge in [0.2, 0.25) is 0 Å². The molecule has 1 aliphatic rings. The molecule has 84 valence electrons. The highest BCUT2D eigenvalue weighted by Crippen LogP contribution is 2.33. The summed E-state index contributed by atoms with van der Waals surface area (Å²) in [6.07, 6.45) is -3.21. The van der Waals surface area contributed by atoms with Crippen molar-refractivity contribution in [2.75, 3.05) is 6.54 Å². The van der Waals surface area contributed by atoms with E-state index in [0.717, 1.165) is 6.08 Å². The number of hydrogen-bond donors (Lipinski definition) is 1. The van der Waals surface area contributed by atoms with Crippen LogP contribution in [0.4, 0.5) is 17.6 Å². The van der Waals surface area contributed by atoms with Crippen molar-refractivity contribution in [1.82, 2.24) is 5.32 Å². The minimum atomic E-state index is -4.44. The Labute approximate surface area is 85.2 Å². The molecule has 0 saturated heterocycles. The number of allylic oxidation sites excluding steroid dienone is 1. The van der Waals surface area contributed by atoms with Crippen LogP contribution in [-0.2, 0) is 0 Å². The summed E-state index contributed by atoms with van der Waals surface area (Å²) in [7, 11) is 0. The Bertz CT molecular complexity index is 314. The highest BCUT2D eigenvalue weighted by atomic mass is 19.4. The molecule has 0 spiro atoms. The Hall–Kier alpha value is -1.10. The van der Waals surface area contributed by atoms with Crippen LogP contribution >= 0.6 is 0 Å². The van der Waals surface area contributed by atoms with E-state index in [9.17, 15) is 17.6 Å². The predicted molar refractivity (Wildman–Crippen MR) is 49.9 cm³/mol. The monoisotopic (exact) mass is 221 g/mol. The lowest BCUT2D eigenvalue weighted by molar-refractivity contribution is -0.147. The summed E-state index contributed by atoms with van der Waals surface area (Å²) in [4.78, 5) is 0. The Morgan fingerprint density at radius 1 is 1.47 bits per heavy atom. The smallest absolute Gasteiger partial charge is 0.302 e. The summed E-state index contributed by atoms with van der Waals surface area (Å²) in [5.74, 6) is -0.819. The van der Waals surface area contributed by atoms with E-state index < -0.39 is 18.0 Å². The van der Waals surface area contributed by atoms with Gasteiger partial charge in [-0.25, -0.2) is 4.39 Å². The van der Waals surface area contributed by atoms with Crippen molar-refractivity contribution in [3.8, 4) is 0 Å². The van der Waals surface area contributed by atoms with Gasteiger partial charge in [-0.1, -0.05) is 19.2 Å². The van der Waals surface area contributed by atoms with Gasteiger partial charge in [0.05, 0.1) is 0 Å². The number of nitrogens with one attached hydrogen (secondary N) is 1. The van der Waals surface area contributed by atoms with Crippen LogP contribution in [-0.4, -0.2) is 18.8 Å². The lowest BCUT2D eigenvalue weighted by atomic mass is 9.93. The molecule has 1 atom stereocenters. The maximum atomic E-state index is 12.9. The molecule has 1 nitrogen and oxygen atoms in total. The van der Waals surface area contributed by atoms with Gasteiger partial charge in [0, 0.05) is 6.54 Å². The Balaban J connectivity index is 3.16. The van der Waals surface area contributed by atoms with Crippen LogP contribution in [0.2, 0.25) is 0 Å². The maximum Gasteiger partial charge on any atom is 0.407 e. The van der Waals surface area contributed by atoms with E-state index in [0.29, 0.717) is 0 Å². The highest BCUT2D eigenvalue weighted by molar-refractivity contribution is 5.41. The average molecular weight is 221 g/mol. The molecule has 0 aromatic heterocycles. The number of alkyl halides is 3. The van der Waals surface area contributed by atoms with Gasteiger partial charge < -0.3 is 5.32 Å². The molecule has 0 aromatic rings. The fourth-order valence-corrected chi connectivity index (χ4v) is 1.60. The molecular weight excluding hydrogens is 210 g/mol. The zero-order valence-corrected chi connectivity index (χ0v) is 7.99. The van der Waals surface area contributed by atoms with Gasteiger partial charge in [-0.3, -0.25) is 0 Å². The largest absolute Gasteiger partial charge is 0.407 e. The molecule has 1 aliphatic heterocycles. The van der Waals surface area contributed by atoms with Gasteiger partial charge in [0.1, 0.15) is 11.9 Å². The molecule has 0 saturated carbocycles.